The van der Waals surface area contributed by atoms with E-state index >= 15 is 0 Å². The van der Waals surface area contributed by atoms with Crippen molar-refractivity contribution in [2.75, 3.05) is 6.61 Å². The van der Waals surface area contributed by atoms with Gasteiger partial charge in [0.1, 0.15) is 0 Å². The van der Waals surface area contributed by atoms with E-state index in [0.717, 1.165) is 10.6 Å². The van der Waals surface area contributed by atoms with Crippen LogP contribution in [0.1, 0.15) is 13.2 Å². The predicted molar refractivity (Wildman–Crippen MR) is 74.9 cm³/mol. The molecule has 0 aromatic carbocycles. The first-order valence-corrected chi connectivity index (χ1v) is 6.65. The van der Waals surface area contributed by atoms with Gasteiger partial charge in [0.15, 0.2) is 11.1 Å². The zero-order valence-electron chi connectivity index (χ0n) is 11.2. The molecule has 1 aromatic heterocycles. The Labute approximate surface area is 125 Å². The van der Waals surface area contributed by atoms with E-state index in [1.54, 1.807) is 0 Å². The predicted octanol–water partition coefficient (Wildman–Crippen LogP) is -0.966. The number of H-pyrrole nitrogens is 1. The Morgan fingerprint density at radius 2 is 2.33 bits per heavy atom. The van der Waals surface area contributed by atoms with Crippen LogP contribution in [-0.2, 0) is 4.74 Å². The van der Waals surface area contributed by atoms with Crippen LogP contribution in [0.4, 0.5) is 0 Å². The third-order valence-corrected chi connectivity index (χ3v) is 4.15. The minimum Gasteiger partial charge on any atom is -0.396 e. The van der Waals surface area contributed by atoms with Crippen LogP contribution in [0, 0.1) is 18.3 Å². The Balaban J connectivity index is 2.55. The maximum atomic E-state index is 11.9. The number of aromatic amines is 1. The Hall–Kier alpha value is -1.59. The molecular weight excluding hydrogens is 300 g/mol. The van der Waals surface area contributed by atoms with E-state index in [1.807, 2.05) is 0 Å². The largest absolute Gasteiger partial charge is 0.396 e. The highest BCUT2D eigenvalue weighted by molar-refractivity contribution is 6.26. The number of aliphatic hydroxyl groups excluding tert-OH is 2. The highest BCUT2D eigenvalue weighted by Gasteiger charge is 2.57. The minimum absolute atomic E-state index is 0.419. The van der Waals surface area contributed by atoms with E-state index < -0.39 is 47.1 Å². The molecule has 2 heterocycles. The lowest BCUT2D eigenvalue weighted by atomic mass is 9.87. The van der Waals surface area contributed by atoms with Crippen LogP contribution in [0.25, 0.3) is 0 Å². The van der Waals surface area contributed by atoms with Gasteiger partial charge in [-0.3, -0.25) is 14.3 Å². The van der Waals surface area contributed by atoms with Crippen molar-refractivity contribution in [3.05, 3.63) is 33.1 Å². The molecule has 1 aliphatic rings. The van der Waals surface area contributed by atoms with Crippen LogP contribution in [0.5, 0.6) is 0 Å². The summed E-state index contributed by atoms with van der Waals surface area (Å²) >= 11 is 6.39. The number of rotatable bonds is 3. The molecule has 0 spiro atoms. The molecule has 3 N–H and O–H groups in total. The molecule has 0 amide bonds. The van der Waals surface area contributed by atoms with E-state index in [4.69, 9.17) is 22.8 Å². The monoisotopic (exact) mass is 314 g/mol. The van der Waals surface area contributed by atoms with E-state index in [-0.39, 0.29) is 0 Å². The summed E-state index contributed by atoms with van der Waals surface area (Å²) in [7, 11) is 0. The van der Waals surface area contributed by atoms with Crippen molar-refractivity contribution in [2.45, 2.75) is 30.2 Å². The van der Waals surface area contributed by atoms with E-state index in [2.05, 4.69) is 10.9 Å². The van der Waals surface area contributed by atoms with Crippen molar-refractivity contribution in [1.29, 1.82) is 0 Å². The van der Waals surface area contributed by atoms with Gasteiger partial charge >= 0.3 is 5.69 Å². The smallest absolute Gasteiger partial charge is 0.330 e. The lowest BCUT2D eigenvalue weighted by Crippen LogP contribution is -2.43. The number of hydrogen-bond acceptors (Lipinski definition) is 5. The number of halogens is 1. The van der Waals surface area contributed by atoms with Gasteiger partial charge in [-0.15, -0.1) is 6.42 Å². The number of aromatic nitrogens is 2. The molecule has 2 rings (SSSR count). The highest BCUT2D eigenvalue weighted by atomic mass is 35.5. The van der Waals surface area contributed by atoms with Gasteiger partial charge < -0.3 is 14.9 Å². The SMILES string of the molecule is C#CC1(Cl)C(CO)[C@@H]([C@@H](C)O)O[C@H]1n1ccc(=O)[nH]c1=O. The minimum atomic E-state index is -1.53. The Kier molecular flexibility index (Phi) is 4.25. The number of nitrogens with one attached hydrogen (secondary N) is 1. The molecule has 8 heteroatoms. The average molecular weight is 315 g/mol. The van der Waals surface area contributed by atoms with Crippen LogP contribution in [0.3, 0.4) is 0 Å². The first kappa shape index (κ1) is 15.8. The van der Waals surface area contributed by atoms with Crippen LogP contribution >= 0.6 is 11.6 Å². The van der Waals surface area contributed by atoms with Gasteiger partial charge in [0.2, 0.25) is 0 Å². The molecule has 0 radical (unpaired) electrons. The lowest BCUT2D eigenvalue weighted by Gasteiger charge is -2.27. The molecule has 2 unspecified atom stereocenters. The van der Waals surface area contributed by atoms with Gasteiger partial charge in [0, 0.05) is 18.2 Å². The highest BCUT2D eigenvalue weighted by Crippen LogP contribution is 2.47. The van der Waals surface area contributed by atoms with Crippen molar-refractivity contribution in [2.24, 2.45) is 5.92 Å². The second-order valence-electron chi connectivity index (χ2n) is 4.91. The van der Waals surface area contributed by atoms with Crippen molar-refractivity contribution < 1.29 is 14.9 Å². The molecule has 1 saturated heterocycles. The topological polar surface area (TPSA) is 105 Å². The molecular formula is C13H15ClN2O5. The van der Waals surface area contributed by atoms with Crippen molar-refractivity contribution in [3.63, 3.8) is 0 Å². The summed E-state index contributed by atoms with van der Waals surface area (Å²) in [4.78, 5) is 23.5. The molecule has 1 aliphatic heterocycles. The van der Waals surface area contributed by atoms with Crippen LogP contribution in [0.2, 0.25) is 0 Å². The Morgan fingerprint density at radius 3 is 2.81 bits per heavy atom. The lowest BCUT2D eigenvalue weighted by molar-refractivity contribution is -0.0687. The molecule has 114 valence electrons. The number of alkyl halides is 1. The fourth-order valence-corrected chi connectivity index (χ4v) is 2.86. The fraction of sp³-hybridized carbons (Fsp3) is 0.538. The standard InChI is InChI=1S/C13H15ClN2O5/c1-3-13(14)8(6-17)10(7(2)18)21-11(13)16-5-4-9(19)15-12(16)20/h1,4-5,7-8,10-11,17-18H,6H2,2H3,(H,15,19,20)/t7-,8?,10-,11-,13?/m1/s1. The van der Waals surface area contributed by atoms with Gasteiger partial charge in [-0.1, -0.05) is 17.5 Å². The maximum Gasteiger partial charge on any atom is 0.330 e. The average Bonchev–Trinajstić information content (AvgIpc) is 2.72. The van der Waals surface area contributed by atoms with Crippen LogP contribution < -0.4 is 11.2 Å². The number of ether oxygens (including phenoxy) is 1. The molecule has 21 heavy (non-hydrogen) atoms. The zero-order chi connectivity index (χ0) is 15.8. The van der Waals surface area contributed by atoms with Crippen molar-refractivity contribution >= 4 is 11.6 Å². The summed E-state index contributed by atoms with van der Waals surface area (Å²) in [6.45, 7) is 1.05. The van der Waals surface area contributed by atoms with E-state index in [0.29, 0.717) is 0 Å². The molecule has 0 bridgehead atoms. The molecule has 7 nitrogen and oxygen atoms in total. The maximum absolute atomic E-state index is 11.9. The summed E-state index contributed by atoms with van der Waals surface area (Å²) in [5.74, 6) is 1.56. The summed E-state index contributed by atoms with van der Waals surface area (Å²) in [5, 5.41) is 19.3. The van der Waals surface area contributed by atoms with Gasteiger partial charge in [-0.2, -0.15) is 0 Å². The molecule has 0 aliphatic carbocycles. The second-order valence-corrected chi connectivity index (χ2v) is 5.54. The fourth-order valence-electron chi connectivity index (χ4n) is 2.51. The summed E-state index contributed by atoms with van der Waals surface area (Å²) in [5.41, 5.74) is -1.31. The van der Waals surface area contributed by atoms with Gasteiger partial charge in [-0.05, 0) is 6.92 Å². The van der Waals surface area contributed by atoms with Gasteiger partial charge in [0.25, 0.3) is 5.56 Å². The summed E-state index contributed by atoms with van der Waals surface area (Å²) in [6.07, 6.45) is 3.76. The summed E-state index contributed by atoms with van der Waals surface area (Å²) < 4.78 is 6.64. The number of nitrogens with zero attached hydrogens (tertiary/aromatic N) is 1. The first-order valence-electron chi connectivity index (χ1n) is 6.27. The normalized spacial score (nSPS) is 33.6. The van der Waals surface area contributed by atoms with Crippen LogP contribution in [-0.4, -0.2) is 43.5 Å². The van der Waals surface area contributed by atoms with Crippen molar-refractivity contribution in [3.8, 4) is 12.3 Å². The number of terminal acetylenes is 1. The van der Waals surface area contributed by atoms with E-state index in [1.165, 1.54) is 13.1 Å². The third-order valence-electron chi connectivity index (χ3n) is 3.58. The Bertz CT molecular complexity index is 676. The van der Waals surface area contributed by atoms with Gasteiger partial charge in [-0.25, -0.2) is 4.79 Å². The molecule has 0 saturated carbocycles. The van der Waals surface area contributed by atoms with Gasteiger partial charge in [0.05, 0.1) is 18.8 Å². The second kappa shape index (κ2) is 5.66. The third kappa shape index (κ3) is 2.51. The molecule has 5 atom stereocenters. The quantitative estimate of drug-likeness (QED) is 0.492. The zero-order valence-corrected chi connectivity index (χ0v) is 11.9. The molecule has 1 aromatic rings. The number of hydrogen-bond donors (Lipinski definition) is 3. The first-order chi connectivity index (χ1) is 9.85. The summed E-state index contributed by atoms with van der Waals surface area (Å²) in [6, 6.07) is 1.13. The van der Waals surface area contributed by atoms with Crippen LogP contribution in [0.15, 0.2) is 21.9 Å². The van der Waals surface area contributed by atoms with E-state index in [9.17, 15) is 19.8 Å². The molecule has 1 fully saturated rings. The number of aliphatic hydroxyl groups is 2. The van der Waals surface area contributed by atoms with Crippen molar-refractivity contribution in [1.82, 2.24) is 9.55 Å². The Morgan fingerprint density at radius 1 is 1.67 bits per heavy atom.